The first-order chi connectivity index (χ1) is 16.8. The summed E-state index contributed by atoms with van der Waals surface area (Å²) in [5, 5.41) is 2.64. The zero-order valence-corrected chi connectivity index (χ0v) is 19.6. The van der Waals surface area contributed by atoms with Crippen LogP contribution in [0.15, 0.2) is 119 Å². The van der Waals surface area contributed by atoms with Crippen LogP contribution in [0.4, 0.5) is 0 Å². The van der Waals surface area contributed by atoms with Crippen molar-refractivity contribution in [3.05, 3.63) is 137 Å². The van der Waals surface area contributed by atoms with Crippen molar-refractivity contribution in [3.8, 4) is 5.69 Å². The highest BCUT2D eigenvalue weighted by molar-refractivity contribution is 7.99. The summed E-state index contributed by atoms with van der Waals surface area (Å²) in [5.41, 5.74) is 10.4. The van der Waals surface area contributed by atoms with Gasteiger partial charge in [-0.15, -0.1) is 0 Å². The fourth-order valence-electron chi connectivity index (χ4n) is 6.49. The van der Waals surface area contributed by atoms with Crippen molar-refractivity contribution >= 4 is 33.6 Å². The largest absolute Gasteiger partial charge is 0.309 e. The van der Waals surface area contributed by atoms with Crippen LogP contribution in [0, 0.1) is 6.92 Å². The molecule has 6 aromatic rings. The second-order valence-corrected chi connectivity index (χ2v) is 10.4. The van der Waals surface area contributed by atoms with E-state index in [0.717, 1.165) is 0 Å². The van der Waals surface area contributed by atoms with E-state index in [9.17, 15) is 0 Å². The molecule has 2 aliphatic rings. The Balaban J connectivity index is 1.70. The normalized spacial score (nSPS) is 17.6. The predicted molar refractivity (Wildman–Crippen MR) is 142 cm³/mol. The summed E-state index contributed by atoms with van der Waals surface area (Å²) < 4.78 is 2.50. The molecule has 0 saturated heterocycles. The first kappa shape index (κ1) is 18.7. The summed E-state index contributed by atoms with van der Waals surface area (Å²) in [6.07, 6.45) is 0. The van der Waals surface area contributed by atoms with Gasteiger partial charge in [-0.25, -0.2) is 0 Å². The minimum absolute atomic E-state index is 0.357. The monoisotopic (exact) mass is 451 g/mol. The summed E-state index contributed by atoms with van der Waals surface area (Å²) in [5.74, 6) is 0. The van der Waals surface area contributed by atoms with Crippen molar-refractivity contribution < 1.29 is 0 Å². The molecular weight excluding hydrogens is 430 g/mol. The average molecular weight is 452 g/mol. The van der Waals surface area contributed by atoms with E-state index in [0.29, 0.717) is 0 Å². The summed E-state index contributed by atoms with van der Waals surface area (Å²) in [6.45, 7) is 2.25. The van der Waals surface area contributed by atoms with E-state index in [1.54, 1.807) is 0 Å². The maximum atomic E-state index is 2.50. The number of benzene rings is 5. The molecule has 1 nitrogen and oxygen atoms in total. The Labute approximate surface area is 202 Å². The molecule has 0 saturated carbocycles. The molecule has 5 aromatic carbocycles. The van der Waals surface area contributed by atoms with E-state index in [-0.39, 0.29) is 5.41 Å². The molecule has 1 spiro atoms. The van der Waals surface area contributed by atoms with Crippen molar-refractivity contribution in [1.82, 2.24) is 4.57 Å². The van der Waals surface area contributed by atoms with Gasteiger partial charge in [-0.3, -0.25) is 0 Å². The predicted octanol–water partition coefficient (Wildman–Crippen LogP) is 8.25. The lowest BCUT2D eigenvalue weighted by atomic mass is 9.62. The zero-order chi connectivity index (χ0) is 22.4. The van der Waals surface area contributed by atoms with Crippen molar-refractivity contribution in [2.24, 2.45) is 0 Å². The Morgan fingerprint density at radius 3 is 2.21 bits per heavy atom. The Morgan fingerprint density at radius 2 is 1.26 bits per heavy atom. The van der Waals surface area contributed by atoms with Gasteiger partial charge in [-0.1, -0.05) is 103 Å². The number of aromatic nitrogens is 1. The lowest BCUT2D eigenvalue weighted by Gasteiger charge is -2.45. The van der Waals surface area contributed by atoms with Crippen molar-refractivity contribution in [2.75, 3.05) is 0 Å². The molecule has 1 atom stereocenters. The van der Waals surface area contributed by atoms with Gasteiger partial charge in [0, 0.05) is 20.6 Å². The summed E-state index contributed by atoms with van der Waals surface area (Å²) >= 11 is 1.92. The number of hydrogen-bond donors (Lipinski definition) is 0. The van der Waals surface area contributed by atoms with Gasteiger partial charge < -0.3 is 4.57 Å². The average Bonchev–Trinajstić information content (AvgIpc) is 3.23. The molecule has 0 amide bonds. The van der Waals surface area contributed by atoms with E-state index in [2.05, 4.69) is 121 Å². The molecule has 0 fully saturated rings. The van der Waals surface area contributed by atoms with E-state index < -0.39 is 0 Å². The van der Waals surface area contributed by atoms with E-state index in [1.165, 1.54) is 65.1 Å². The van der Waals surface area contributed by atoms with Crippen LogP contribution in [0.2, 0.25) is 0 Å². The van der Waals surface area contributed by atoms with Crippen LogP contribution in [0.25, 0.3) is 27.5 Å². The lowest BCUT2D eigenvalue weighted by molar-refractivity contribution is 0.687. The number of aryl methyl sites for hydroxylation is 1. The molecule has 160 valence electrons. The second-order valence-electron chi connectivity index (χ2n) is 9.37. The summed E-state index contributed by atoms with van der Waals surface area (Å²) in [7, 11) is 0. The molecule has 34 heavy (non-hydrogen) atoms. The van der Waals surface area contributed by atoms with Crippen LogP contribution in [0.1, 0.15) is 27.8 Å². The van der Waals surface area contributed by atoms with Crippen LogP contribution in [0.5, 0.6) is 0 Å². The molecule has 1 aromatic heterocycles. The van der Waals surface area contributed by atoms with Crippen LogP contribution in [-0.4, -0.2) is 4.57 Å². The summed E-state index contributed by atoms with van der Waals surface area (Å²) in [4.78, 5) is 2.73. The van der Waals surface area contributed by atoms with Gasteiger partial charge in [0.25, 0.3) is 0 Å². The topological polar surface area (TPSA) is 4.93 Å². The van der Waals surface area contributed by atoms with Crippen molar-refractivity contribution in [3.63, 3.8) is 0 Å². The van der Waals surface area contributed by atoms with Crippen LogP contribution in [0.3, 0.4) is 0 Å². The standard InChI is InChI=1S/C32H21NS/c1-20-10-8-16-26-31(20)34-29-19-7-4-14-24(29)32(26)23-13-3-6-18-28(23)33-27-17-5-2-11-21(27)22-12-9-15-25(32)30(22)33/h2-19H,1H3. The van der Waals surface area contributed by atoms with Crippen molar-refractivity contribution in [2.45, 2.75) is 22.1 Å². The minimum Gasteiger partial charge on any atom is -0.309 e. The third-order valence-electron chi connectivity index (χ3n) is 7.77. The molecule has 3 heterocycles. The van der Waals surface area contributed by atoms with Gasteiger partial charge in [0.1, 0.15) is 0 Å². The first-order valence-corrected chi connectivity index (χ1v) is 12.6. The van der Waals surface area contributed by atoms with E-state index >= 15 is 0 Å². The minimum atomic E-state index is -0.357. The maximum absolute atomic E-state index is 2.50. The van der Waals surface area contributed by atoms with Gasteiger partial charge in [0.2, 0.25) is 0 Å². The first-order valence-electron chi connectivity index (χ1n) is 11.8. The smallest absolute Gasteiger partial charge is 0.0764 e. The third kappa shape index (κ3) is 2.05. The molecular formula is C32H21NS. The Morgan fingerprint density at radius 1 is 0.588 bits per heavy atom. The number of para-hydroxylation sites is 3. The highest BCUT2D eigenvalue weighted by Crippen LogP contribution is 2.60. The van der Waals surface area contributed by atoms with Crippen LogP contribution in [-0.2, 0) is 5.41 Å². The SMILES string of the molecule is Cc1cccc2c1Sc1ccccc1C21c2ccccc2-n2c3ccccc3c3cccc1c32. The number of nitrogens with zero attached hydrogens (tertiary/aromatic N) is 1. The molecule has 0 bridgehead atoms. The van der Waals surface area contributed by atoms with Gasteiger partial charge in [-0.05, 0) is 52.9 Å². The maximum Gasteiger partial charge on any atom is 0.0764 e. The summed E-state index contributed by atoms with van der Waals surface area (Å²) in [6, 6.07) is 40.7. The molecule has 2 heteroatoms. The molecule has 1 unspecified atom stereocenters. The molecule has 0 aliphatic carbocycles. The number of hydrogen-bond acceptors (Lipinski definition) is 1. The van der Waals surface area contributed by atoms with Gasteiger partial charge in [0.05, 0.1) is 22.1 Å². The fourth-order valence-corrected chi connectivity index (χ4v) is 7.74. The fraction of sp³-hybridized carbons (Fsp3) is 0.0625. The second kappa shape index (κ2) is 6.43. The molecule has 0 N–H and O–H groups in total. The van der Waals surface area contributed by atoms with Crippen LogP contribution < -0.4 is 0 Å². The Bertz CT molecular complexity index is 1810. The molecule has 2 aliphatic heterocycles. The van der Waals surface area contributed by atoms with Gasteiger partial charge in [-0.2, -0.15) is 0 Å². The van der Waals surface area contributed by atoms with E-state index in [4.69, 9.17) is 0 Å². The van der Waals surface area contributed by atoms with Gasteiger partial charge >= 0.3 is 0 Å². The highest BCUT2D eigenvalue weighted by Gasteiger charge is 2.49. The third-order valence-corrected chi connectivity index (χ3v) is 9.09. The lowest BCUT2D eigenvalue weighted by Crippen LogP contribution is -2.37. The van der Waals surface area contributed by atoms with Crippen LogP contribution >= 0.6 is 11.8 Å². The Kier molecular flexibility index (Phi) is 3.53. The molecule has 8 rings (SSSR count). The van der Waals surface area contributed by atoms with Crippen molar-refractivity contribution in [1.29, 1.82) is 0 Å². The number of rotatable bonds is 0. The quantitative estimate of drug-likeness (QED) is 0.225. The van der Waals surface area contributed by atoms with Gasteiger partial charge in [0.15, 0.2) is 0 Å². The molecule has 0 radical (unpaired) electrons. The highest BCUT2D eigenvalue weighted by atomic mass is 32.2. The number of fused-ring (bicyclic) bond motifs is 11. The zero-order valence-electron chi connectivity index (χ0n) is 18.7. The Hall–Kier alpha value is -3.75. The van der Waals surface area contributed by atoms with E-state index in [1.807, 2.05) is 11.8 Å².